The van der Waals surface area contributed by atoms with Gasteiger partial charge in [-0.15, -0.1) is 0 Å². The summed E-state index contributed by atoms with van der Waals surface area (Å²) in [5.74, 6) is 0. The number of benzene rings is 3. The fraction of sp³-hybridized carbons (Fsp3) is 0.214. The average Bonchev–Trinajstić information content (AvgIpc) is 3.29. The molecule has 0 heterocycles. The van der Waals surface area contributed by atoms with Crippen LogP contribution < -0.4 is 3.27 Å². The molecule has 2 aliphatic carbocycles. The second kappa shape index (κ2) is 7.37. The first kappa shape index (κ1) is 19.0. The van der Waals surface area contributed by atoms with E-state index < -0.39 is 20.3 Å². The summed E-state index contributed by atoms with van der Waals surface area (Å²) in [6.45, 7) is 2.32. The van der Waals surface area contributed by atoms with Gasteiger partial charge in [-0.1, -0.05) is 0 Å². The first-order chi connectivity index (χ1) is 14.0. The molecule has 0 amide bonds. The van der Waals surface area contributed by atoms with Gasteiger partial charge in [0.05, 0.1) is 0 Å². The molecule has 1 heteroatoms. The number of hydrogen-bond donors (Lipinski definition) is 0. The Hall–Kier alpha value is -1.98. The van der Waals surface area contributed by atoms with E-state index in [2.05, 4.69) is 95.1 Å². The Morgan fingerprint density at radius 1 is 0.759 bits per heavy atom. The van der Waals surface area contributed by atoms with Gasteiger partial charge in [0.25, 0.3) is 0 Å². The van der Waals surface area contributed by atoms with Gasteiger partial charge in [0.1, 0.15) is 0 Å². The summed E-state index contributed by atoms with van der Waals surface area (Å²) >= 11 is -2.62. The first-order valence-electron chi connectivity index (χ1n) is 10.7. The summed E-state index contributed by atoms with van der Waals surface area (Å²) in [6.07, 6.45) is 5.93. The SMILES string of the molecule is CC1=C(Cc2ccccc2)C[C]([Zr]([CH3])([CH3])[c]2cccc3c2Cc2ccccc2-3)=C1. The first-order valence-corrected chi connectivity index (χ1v) is 18.1. The molecule has 2 aliphatic rings. The molecule has 0 spiro atoms. The zero-order valence-electron chi connectivity index (χ0n) is 17.6. The molecule has 0 atom stereocenters. The fourth-order valence-electron chi connectivity index (χ4n) is 5.15. The Balaban J connectivity index is 1.46. The molecule has 29 heavy (non-hydrogen) atoms. The maximum atomic E-state index is 2.62. The maximum absolute atomic E-state index is 2.62. The molecule has 0 aliphatic heterocycles. The van der Waals surface area contributed by atoms with Gasteiger partial charge in [0.15, 0.2) is 0 Å². The molecule has 144 valence electrons. The Morgan fingerprint density at radius 3 is 2.31 bits per heavy atom. The van der Waals surface area contributed by atoms with Gasteiger partial charge in [-0.25, -0.2) is 0 Å². The van der Waals surface area contributed by atoms with Gasteiger partial charge in [-0.05, 0) is 0 Å². The second-order valence-corrected chi connectivity index (χ2v) is 20.0. The molecule has 0 unspecified atom stereocenters. The van der Waals surface area contributed by atoms with E-state index >= 15 is 0 Å². The van der Waals surface area contributed by atoms with E-state index in [1.165, 1.54) is 34.2 Å². The van der Waals surface area contributed by atoms with Gasteiger partial charge in [-0.3, -0.25) is 0 Å². The van der Waals surface area contributed by atoms with Gasteiger partial charge >= 0.3 is 180 Å². The van der Waals surface area contributed by atoms with Crippen molar-refractivity contribution in [2.24, 2.45) is 0 Å². The summed E-state index contributed by atoms with van der Waals surface area (Å²) in [6, 6.07) is 27.0. The van der Waals surface area contributed by atoms with E-state index in [4.69, 9.17) is 0 Å². The summed E-state index contributed by atoms with van der Waals surface area (Å²) in [5.41, 5.74) is 10.6. The van der Waals surface area contributed by atoms with Gasteiger partial charge < -0.3 is 0 Å². The van der Waals surface area contributed by atoms with Crippen LogP contribution in [0, 0.1) is 0 Å². The van der Waals surface area contributed by atoms with E-state index in [9.17, 15) is 0 Å². The van der Waals surface area contributed by atoms with Crippen molar-refractivity contribution in [3.8, 4) is 11.1 Å². The molecule has 0 saturated heterocycles. The zero-order chi connectivity index (χ0) is 20.0. The van der Waals surface area contributed by atoms with Gasteiger partial charge in [0.2, 0.25) is 0 Å². The predicted octanol–water partition coefficient (Wildman–Crippen LogP) is 6.98. The number of fused-ring (bicyclic) bond motifs is 3. The van der Waals surface area contributed by atoms with E-state index in [0.29, 0.717) is 0 Å². The number of allylic oxidation sites excluding steroid dienone is 4. The van der Waals surface area contributed by atoms with Crippen LogP contribution in [0.3, 0.4) is 0 Å². The second-order valence-electron chi connectivity index (χ2n) is 9.09. The topological polar surface area (TPSA) is 0 Å². The monoisotopic (exact) mass is 454 g/mol. The third kappa shape index (κ3) is 3.34. The van der Waals surface area contributed by atoms with Crippen molar-refractivity contribution in [2.75, 3.05) is 0 Å². The van der Waals surface area contributed by atoms with Gasteiger partial charge in [0, 0.05) is 0 Å². The van der Waals surface area contributed by atoms with Crippen LogP contribution in [0.1, 0.15) is 30.0 Å². The third-order valence-electron chi connectivity index (χ3n) is 6.94. The van der Waals surface area contributed by atoms with E-state index in [1.807, 2.05) is 0 Å². The van der Waals surface area contributed by atoms with Crippen molar-refractivity contribution in [2.45, 2.75) is 35.4 Å². The van der Waals surface area contributed by atoms with Crippen LogP contribution in [0.4, 0.5) is 0 Å². The van der Waals surface area contributed by atoms with Crippen molar-refractivity contribution in [1.82, 2.24) is 0 Å². The molecular weight excluding hydrogens is 428 g/mol. The van der Waals surface area contributed by atoms with Crippen LogP contribution in [-0.4, -0.2) is 0 Å². The average molecular weight is 456 g/mol. The van der Waals surface area contributed by atoms with Crippen LogP contribution in [0.2, 0.25) is 9.26 Å². The van der Waals surface area contributed by atoms with Crippen molar-refractivity contribution in [1.29, 1.82) is 0 Å². The summed E-state index contributed by atoms with van der Waals surface area (Å²) in [4.78, 5) is 0. The minimum atomic E-state index is -2.62. The predicted molar refractivity (Wildman–Crippen MR) is 122 cm³/mol. The van der Waals surface area contributed by atoms with Crippen LogP contribution in [0.25, 0.3) is 11.1 Å². The molecule has 0 saturated carbocycles. The van der Waals surface area contributed by atoms with Crippen molar-refractivity contribution >= 4 is 3.27 Å². The van der Waals surface area contributed by atoms with E-state index in [-0.39, 0.29) is 0 Å². The molecule has 3 aromatic carbocycles. The van der Waals surface area contributed by atoms with Gasteiger partial charge in [-0.2, -0.15) is 0 Å². The van der Waals surface area contributed by atoms with Crippen LogP contribution in [0.5, 0.6) is 0 Å². The summed E-state index contributed by atoms with van der Waals surface area (Å²) < 4.78 is 8.70. The molecular formula is C28H28Zr. The molecule has 0 nitrogen and oxygen atoms in total. The fourth-order valence-corrected chi connectivity index (χ4v) is 12.7. The van der Waals surface area contributed by atoms with Crippen LogP contribution >= 0.6 is 0 Å². The van der Waals surface area contributed by atoms with Crippen LogP contribution in [0.15, 0.2) is 93.3 Å². The molecule has 5 rings (SSSR count). The Kier molecular flexibility index (Phi) is 4.83. The van der Waals surface area contributed by atoms with E-state index in [0.717, 1.165) is 12.8 Å². The Morgan fingerprint density at radius 2 is 1.48 bits per heavy atom. The standard InChI is InChI=1S/C13H9.C13H13.2CH3.Zr/c1-3-7-12-10(5-1)9-11-6-2-4-8-13(11)12;1-11-6-5-9-13(11)10-12-7-3-2-4-8-12;;;/h1-5,7-8H,9H2;2-4,6-8H,9-10H2,1H3;2*1H3;. The quantitative estimate of drug-likeness (QED) is 0.311. The minimum absolute atomic E-state index is 1.09. The van der Waals surface area contributed by atoms with Crippen molar-refractivity contribution < 1.29 is 20.3 Å². The molecule has 0 radical (unpaired) electrons. The third-order valence-corrected chi connectivity index (χ3v) is 16.1. The number of hydrogen-bond acceptors (Lipinski definition) is 0. The molecule has 0 N–H and O–H groups in total. The van der Waals surface area contributed by atoms with Crippen LogP contribution in [-0.2, 0) is 33.1 Å². The molecule has 0 aromatic heterocycles. The Bertz CT molecular complexity index is 1150. The van der Waals surface area contributed by atoms with Crippen molar-refractivity contribution in [3.63, 3.8) is 0 Å². The summed E-state index contributed by atoms with van der Waals surface area (Å²) in [7, 11) is 0. The molecule has 3 aromatic rings. The Labute approximate surface area is 179 Å². The molecule has 0 fully saturated rings. The molecule has 0 bridgehead atoms. The zero-order valence-corrected chi connectivity index (χ0v) is 20.1. The summed E-state index contributed by atoms with van der Waals surface area (Å²) in [5, 5.41) is 0. The normalized spacial score (nSPS) is 15.3. The van der Waals surface area contributed by atoms with Crippen molar-refractivity contribution in [3.05, 3.63) is 110 Å². The number of rotatable bonds is 4. The van der Waals surface area contributed by atoms with E-state index in [1.54, 1.807) is 17.7 Å².